The standard InChI is InChI=1S/C18H26BrNO/c1-12(2)10-20-11-15-4-3-13(15)7-16-9-17(19)8-14-5-6-21-18(14)16/h8-9,12-13,15,20H,3-7,10-11H2,1-2H3. The maximum absolute atomic E-state index is 5.87. The summed E-state index contributed by atoms with van der Waals surface area (Å²) < 4.78 is 7.07. The Hall–Kier alpha value is -0.540. The Morgan fingerprint density at radius 1 is 1.29 bits per heavy atom. The van der Waals surface area contributed by atoms with Crippen molar-refractivity contribution in [2.24, 2.45) is 17.8 Å². The summed E-state index contributed by atoms with van der Waals surface area (Å²) in [6.07, 6.45) is 4.99. The summed E-state index contributed by atoms with van der Waals surface area (Å²) >= 11 is 3.65. The number of benzene rings is 1. The van der Waals surface area contributed by atoms with Crippen molar-refractivity contribution < 1.29 is 4.74 Å². The second kappa shape index (κ2) is 6.70. The third-order valence-corrected chi connectivity index (χ3v) is 5.30. The van der Waals surface area contributed by atoms with Gasteiger partial charge in [-0.15, -0.1) is 0 Å². The van der Waals surface area contributed by atoms with E-state index >= 15 is 0 Å². The van der Waals surface area contributed by atoms with Gasteiger partial charge in [-0.3, -0.25) is 0 Å². The summed E-state index contributed by atoms with van der Waals surface area (Å²) in [4.78, 5) is 0. The Bertz CT molecular complexity index is 500. The largest absolute Gasteiger partial charge is 0.493 e. The van der Waals surface area contributed by atoms with Crippen molar-refractivity contribution in [1.29, 1.82) is 0 Å². The van der Waals surface area contributed by atoms with Crippen molar-refractivity contribution >= 4 is 15.9 Å². The highest BCUT2D eigenvalue weighted by Gasteiger charge is 2.32. The van der Waals surface area contributed by atoms with E-state index in [0.717, 1.165) is 37.3 Å². The van der Waals surface area contributed by atoms with Crippen LogP contribution < -0.4 is 10.1 Å². The molecule has 3 heteroatoms. The van der Waals surface area contributed by atoms with Gasteiger partial charge in [0.1, 0.15) is 5.75 Å². The lowest BCUT2D eigenvalue weighted by molar-refractivity contribution is 0.168. The smallest absolute Gasteiger partial charge is 0.125 e. The van der Waals surface area contributed by atoms with E-state index in [2.05, 4.69) is 47.2 Å². The molecule has 21 heavy (non-hydrogen) atoms. The lowest BCUT2D eigenvalue weighted by atomic mass is 9.70. The molecular formula is C18H26BrNO. The molecule has 1 aliphatic carbocycles. The minimum absolute atomic E-state index is 0.741. The lowest BCUT2D eigenvalue weighted by Gasteiger charge is -2.37. The van der Waals surface area contributed by atoms with Crippen LogP contribution in [-0.4, -0.2) is 19.7 Å². The first-order valence-corrected chi connectivity index (χ1v) is 9.07. The van der Waals surface area contributed by atoms with Crippen molar-refractivity contribution in [1.82, 2.24) is 5.32 Å². The fraction of sp³-hybridized carbons (Fsp3) is 0.667. The molecule has 0 saturated heterocycles. The van der Waals surface area contributed by atoms with E-state index < -0.39 is 0 Å². The monoisotopic (exact) mass is 351 g/mol. The number of rotatable bonds is 6. The van der Waals surface area contributed by atoms with E-state index in [4.69, 9.17) is 4.74 Å². The first kappa shape index (κ1) is 15.4. The number of halogens is 1. The fourth-order valence-electron chi connectivity index (χ4n) is 3.51. The van der Waals surface area contributed by atoms with Crippen LogP contribution in [0.1, 0.15) is 37.8 Å². The second-order valence-electron chi connectivity index (χ2n) is 7.01. The topological polar surface area (TPSA) is 21.3 Å². The minimum Gasteiger partial charge on any atom is -0.493 e. The number of hydrogen-bond donors (Lipinski definition) is 1. The van der Waals surface area contributed by atoms with Gasteiger partial charge >= 0.3 is 0 Å². The van der Waals surface area contributed by atoms with E-state index in [1.165, 1.54) is 47.2 Å². The van der Waals surface area contributed by atoms with Gasteiger partial charge in [-0.05, 0) is 73.4 Å². The Labute approximate surface area is 136 Å². The molecule has 0 amide bonds. The maximum Gasteiger partial charge on any atom is 0.125 e. The summed E-state index contributed by atoms with van der Waals surface area (Å²) in [5.41, 5.74) is 2.80. The molecular weight excluding hydrogens is 326 g/mol. The van der Waals surface area contributed by atoms with Gasteiger partial charge in [0.15, 0.2) is 0 Å². The van der Waals surface area contributed by atoms with Crippen molar-refractivity contribution in [2.75, 3.05) is 19.7 Å². The highest BCUT2D eigenvalue weighted by atomic mass is 79.9. The molecule has 2 atom stereocenters. The zero-order chi connectivity index (χ0) is 14.8. The average molecular weight is 352 g/mol. The molecule has 1 fully saturated rings. The summed E-state index contributed by atoms with van der Waals surface area (Å²) in [5, 5.41) is 3.63. The van der Waals surface area contributed by atoms with Crippen molar-refractivity contribution in [3.8, 4) is 5.75 Å². The van der Waals surface area contributed by atoms with Crippen LogP contribution in [0.5, 0.6) is 5.75 Å². The van der Waals surface area contributed by atoms with Crippen molar-refractivity contribution in [3.05, 3.63) is 27.7 Å². The first-order chi connectivity index (χ1) is 10.1. The van der Waals surface area contributed by atoms with E-state index in [9.17, 15) is 0 Å². The lowest BCUT2D eigenvalue weighted by Crippen LogP contribution is -2.37. The molecule has 0 bridgehead atoms. The molecule has 1 aromatic rings. The predicted octanol–water partition coefficient (Wildman–Crippen LogP) is 4.20. The first-order valence-electron chi connectivity index (χ1n) is 8.28. The summed E-state index contributed by atoms with van der Waals surface area (Å²) in [5.74, 6) is 3.59. The van der Waals surface area contributed by atoms with Gasteiger partial charge in [-0.1, -0.05) is 29.8 Å². The number of hydrogen-bond acceptors (Lipinski definition) is 2. The van der Waals surface area contributed by atoms with Crippen molar-refractivity contribution in [3.63, 3.8) is 0 Å². The SMILES string of the molecule is CC(C)CNCC1CCC1Cc1cc(Br)cc2c1OCC2. The molecule has 1 saturated carbocycles. The van der Waals surface area contributed by atoms with Crippen molar-refractivity contribution in [2.45, 2.75) is 39.5 Å². The van der Waals surface area contributed by atoms with E-state index in [-0.39, 0.29) is 0 Å². The summed E-state index contributed by atoms with van der Waals surface area (Å²) in [7, 11) is 0. The Balaban J connectivity index is 1.60. The molecule has 2 nitrogen and oxygen atoms in total. The fourth-order valence-corrected chi connectivity index (χ4v) is 4.07. The zero-order valence-corrected chi connectivity index (χ0v) is 14.7. The van der Waals surface area contributed by atoms with Gasteiger partial charge < -0.3 is 10.1 Å². The molecule has 1 heterocycles. The van der Waals surface area contributed by atoms with Crippen LogP contribution in [0, 0.1) is 17.8 Å². The summed E-state index contributed by atoms with van der Waals surface area (Å²) in [6.45, 7) is 7.71. The molecule has 1 aromatic carbocycles. The molecule has 0 spiro atoms. The average Bonchev–Trinajstić information content (AvgIpc) is 2.87. The Morgan fingerprint density at radius 3 is 2.81 bits per heavy atom. The Kier molecular flexibility index (Phi) is 4.90. The van der Waals surface area contributed by atoms with E-state index in [1.54, 1.807) is 0 Å². The van der Waals surface area contributed by atoms with E-state index in [1.807, 2.05) is 0 Å². The normalized spacial score (nSPS) is 23.8. The van der Waals surface area contributed by atoms with Crippen LogP contribution in [0.4, 0.5) is 0 Å². The molecule has 0 aromatic heterocycles. The van der Waals surface area contributed by atoms with E-state index in [0.29, 0.717) is 0 Å². The van der Waals surface area contributed by atoms with Gasteiger partial charge in [0.05, 0.1) is 6.61 Å². The van der Waals surface area contributed by atoms with Gasteiger partial charge in [-0.25, -0.2) is 0 Å². The van der Waals surface area contributed by atoms with Gasteiger partial charge in [0, 0.05) is 10.9 Å². The van der Waals surface area contributed by atoms with Gasteiger partial charge in [0.2, 0.25) is 0 Å². The third-order valence-electron chi connectivity index (χ3n) is 4.84. The highest BCUT2D eigenvalue weighted by Crippen LogP contribution is 2.41. The highest BCUT2D eigenvalue weighted by molar-refractivity contribution is 9.10. The van der Waals surface area contributed by atoms with Crippen LogP contribution in [0.2, 0.25) is 0 Å². The molecule has 2 unspecified atom stereocenters. The third kappa shape index (κ3) is 3.62. The molecule has 1 N–H and O–H groups in total. The maximum atomic E-state index is 5.87. The minimum atomic E-state index is 0.741. The van der Waals surface area contributed by atoms with Crippen LogP contribution in [0.3, 0.4) is 0 Å². The molecule has 0 radical (unpaired) electrons. The number of ether oxygens (including phenoxy) is 1. The van der Waals surface area contributed by atoms with Gasteiger partial charge in [0.25, 0.3) is 0 Å². The van der Waals surface area contributed by atoms with Crippen LogP contribution in [0.25, 0.3) is 0 Å². The Morgan fingerprint density at radius 2 is 2.10 bits per heavy atom. The predicted molar refractivity (Wildman–Crippen MR) is 91.0 cm³/mol. The van der Waals surface area contributed by atoms with Crippen LogP contribution >= 0.6 is 15.9 Å². The molecule has 3 rings (SSSR count). The molecule has 2 aliphatic rings. The summed E-state index contributed by atoms with van der Waals surface area (Å²) in [6, 6.07) is 4.48. The molecule has 1 aliphatic heterocycles. The van der Waals surface area contributed by atoms with Crippen LogP contribution in [-0.2, 0) is 12.8 Å². The molecule has 116 valence electrons. The van der Waals surface area contributed by atoms with Gasteiger partial charge in [-0.2, -0.15) is 0 Å². The number of nitrogens with one attached hydrogen (secondary N) is 1. The quantitative estimate of drug-likeness (QED) is 0.829. The zero-order valence-electron chi connectivity index (χ0n) is 13.1. The number of fused-ring (bicyclic) bond motifs is 1. The second-order valence-corrected chi connectivity index (χ2v) is 7.92. The van der Waals surface area contributed by atoms with Crippen LogP contribution in [0.15, 0.2) is 16.6 Å².